The highest BCUT2D eigenvalue weighted by Gasteiger charge is 2.20. The van der Waals surface area contributed by atoms with Crippen LogP contribution in [0, 0.1) is 5.92 Å². The number of amides is 1. The Morgan fingerprint density at radius 1 is 1.29 bits per heavy atom. The Bertz CT molecular complexity index is 311. The summed E-state index contributed by atoms with van der Waals surface area (Å²) in [4.78, 5) is 14.4. The Morgan fingerprint density at radius 2 is 1.95 bits per heavy atom. The Kier molecular flexibility index (Phi) is 6.93. The molecule has 3 N–H and O–H groups in total. The van der Waals surface area contributed by atoms with Crippen LogP contribution < -0.4 is 11.1 Å². The van der Waals surface area contributed by atoms with E-state index in [9.17, 15) is 4.79 Å². The van der Waals surface area contributed by atoms with Crippen molar-refractivity contribution in [3.8, 4) is 0 Å². The van der Waals surface area contributed by atoms with Crippen molar-refractivity contribution < 1.29 is 9.53 Å². The molecular formula is C16H31N3O2. The van der Waals surface area contributed by atoms with Crippen LogP contribution in [-0.2, 0) is 9.53 Å². The molecule has 1 saturated carbocycles. The summed E-state index contributed by atoms with van der Waals surface area (Å²) < 4.78 is 5.34. The molecule has 2 aliphatic rings. The van der Waals surface area contributed by atoms with Crippen molar-refractivity contribution in [3.05, 3.63) is 0 Å². The molecule has 21 heavy (non-hydrogen) atoms. The first kappa shape index (κ1) is 16.7. The average molecular weight is 297 g/mol. The van der Waals surface area contributed by atoms with Crippen LogP contribution in [0.1, 0.15) is 45.4 Å². The van der Waals surface area contributed by atoms with Gasteiger partial charge < -0.3 is 15.8 Å². The number of carbonyl (C=O) groups is 1. The SMILES string of the molecule is CC(CN1CCOCC1)NC(=O)CCC1CCC(N)CC1. The highest BCUT2D eigenvalue weighted by Crippen LogP contribution is 2.26. The molecule has 5 heteroatoms. The van der Waals surface area contributed by atoms with Crippen LogP contribution in [0.15, 0.2) is 0 Å². The zero-order valence-electron chi connectivity index (χ0n) is 13.4. The second kappa shape index (κ2) is 8.71. The molecule has 0 aromatic heterocycles. The first-order valence-corrected chi connectivity index (χ1v) is 8.48. The molecule has 0 spiro atoms. The number of nitrogens with two attached hydrogens (primary N) is 1. The number of morpholine rings is 1. The third-order valence-corrected chi connectivity index (χ3v) is 4.71. The summed E-state index contributed by atoms with van der Waals surface area (Å²) in [5.41, 5.74) is 5.91. The zero-order chi connectivity index (χ0) is 15.1. The van der Waals surface area contributed by atoms with Crippen LogP contribution in [-0.4, -0.2) is 55.7 Å². The van der Waals surface area contributed by atoms with E-state index in [2.05, 4.69) is 17.1 Å². The van der Waals surface area contributed by atoms with Gasteiger partial charge in [0.15, 0.2) is 0 Å². The van der Waals surface area contributed by atoms with Gasteiger partial charge >= 0.3 is 0 Å². The molecule has 5 nitrogen and oxygen atoms in total. The van der Waals surface area contributed by atoms with Crippen molar-refractivity contribution in [2.45, 2.75) is 57.5 Å². The molecule has 0 bridgehead atoms. The maximum absolute atomic E-state index is 12.0. The monoisotopic (exact) mass is 297 g/mol. The fourth-order valence-electron chi connectivity index (χ4n) is 3.38. The van der Waals surface area contributed by atoms with Gasteiger partial charge in [-0.15, -0.1) is 0 Å². The number of hydrogen-bond acceptors (Lipinski definition) is 4. The average Bonchev–Trinajstić information content (AvgIpc) is 2.47. The van der Waals surface area contributed by atoms with Gasteiger partial charge in [-0.3, -0.25) is 9.69 Å². The maximum atomic E-state index is 12.0. The first-order chi connectivity index (χ1) is 10.1. The van der Waals surface area contributed by atoms with E-state index in [1.165, 1.54) is 12.8 Å². The second-order valence-electron chi connectivity index (χ2n) is 6.70. The van der Waals surface area contributed by atoms with E-state index in [1.54, 1.807) is 0 Å². The Morgan fingerprint density at radius 3 is 2.62 bits per heavy atom. The van der Waals surface area contributed by atoms with Crippen LogP contribution in [0.4, 0.5) is 0 Å². The summed E-state index contributed by atoms with van der Waals surface area (Å²) in [7, 11) is 0. The molecule has 1 amide bonds. The van der Waals surface area contributed by atoms with Gasteiger partial charge in [0.05, 0.1) is 13.2 Å². The van der Waals surface area contributed by atoms with Gasteiger partial charge in [0.2, 0.25) is 5.91 Å². The van der Waals surface area contributed by atoms with Crippen molar-refractivity contribution in [1.29, 1.82) is 0 Å². The van der Waals surface area contributed by atoms with E-state index in [-0.39, 0.29) is 11.9 Å². The Balaban J connectivity index is 1.57. The summed E-state index contributed by atoms with van der Waals surface area (Å²) >= 11 is 0. The van der Waals surface area contributed by atoms with E-state index in [4.69, 9.17) is 10.5 Å². The predicted molar refractivity (Wildman–Crippen MR) is 84.0 cm³/mol. The van der Waals surface area contributed by atoms with E-state index in [0.717, 1.165) is 52.1 Å². The smallest absolute Gasteiger partial charge is 0.220 e. The van der Waals surface area contributed by atoms with Crippen LogP contribution in [0.5, 0.6) is 0 Å². The number of rotatable bonds is 6. The van der Waals surface area contributed by atoms with Gasteiger partial charge in [-0.1, -0.05) is 0 Å². The largest absolute Gasteiger partial charge is 0.379 e. The molecule has 122 valence electrons. The molecular weight excluding hydrogens is 266 g/mol. The lowest BCUT2D eigenvalue weighted by molar-refractivity contribution is -0.122. The van der Waals surface area contributed by atoms with E-state index in [0.29, 0.717) is 18.4 Å². The first-order valence-electron chi connectivity index (χ1n) is 8.48. The summed E-state index contributed by atoms with van der Waals surface area (Å²) in [6, 6.07) is 0.610. The summed E-state index contributed by atoms with van der Waals surface area (Å²) in [5.74, 6) is 0.899. The minimum atomic E-state index is 0.200. The van der Waals surface area contributed by atoms with E-state index < -0.39 is 0 Å². The molecule has 1 heterocycles. The van der Waals surface area contributed by atoms with Crippen LogP contribution in [0.25, 0.3) is 0 Å². The molecule has 0 aromatic carbocycles. The maximum Gasteiger partial charge on any atom is 0.220 e. The highest BCUT2D eigenvalue weighted by atomic mass is 16.5. The lowest BCUT2D eigenvalue weighted by Gasteiger charge is -2.29. The molecule has 2 fully saturated rings. The lowest BCUT2D eigenvalue weighted by Crippen LogP contribution is -2.46. The van der Waals surface area contributed by atoms with Crippen molar-refractivity contribution in [1.82, 2.24) is 10.2 Å². The Hall–Kier alpha value is -0.650. The van der Waals surface area contributed by atoms with Crippen molar-refractivity contribution in [2.24, 2.45) is 11.7 Å². The number of ether oxygens (including phenoxy) is 1. The third kappa shape index (κ3) is 6.32. The molecule has 1 unspecified atom stereocenters. The van der Waals surface area contributed by atoms with Gasteiger partial charge in [-0.25, -0.2) is 0 Å². The van der Waals surface area contributed by atoms with E-state index in [1.807, 2.05) is 0 Å². The van der Waals surface area contributed by atoms with Gasteiger partial charge in [0.25, 0.3) is 0 Å². The standard InChI is InChI=1S/C16H31N3O2/c1-13(12-19-8-10-21-11-9-19)18-16(20)7-4-14-2-5-15(17)6-3-14/h13-15H,2-12,17H2,1H3,(H,18,20). The lowest BCUT2D eigenvalue weighted by atomic mass is 9.84. The zero-order valence-corrected chi connectivity index (χ0v) is 13.4. The number of hydrogen-bond donors (Lipinski definition) is 2. The predicted octanol–water partition coefficient (Wildman–Crippen LogP) is 1.12. The van der Waals surface area contributed by atoms with Gasteiger partial charge in [0, 0.05) is 38.1 Å². The third-order valence-electron chi connectivity index (χ3n) is 4.71. The number of carbonyl (C=O) groups excluding carboxylic acids is 1. The van der Waals surface area contributed by atoms with Crippen LogP contribution in [0.2, 0.25) is 0 Å². The van der Waals surface area contributed by atoms with Crippen molar-refractivity contribution in [2.75, 3.05) is 32.8 Å². The van der Waals surface area contributed by atoms with Crippen LogP contribution in [0.3, 0.4) is 0 Å². The molecule has 1 aliphatic heterocycles. The normalized spacial score (nSPS) is 29.0. The van der Waals surface area contributed by atoms with Crippen LogP contribution >= 0.6 is 0 Å². The topological polar surface area (TPSA) is 67.6 Å². The molecule has 2 rings (SSSR count). The molecule has 0 radical (unpaired) electrons. The summed E-state index contributed by atoms with van der Waals surface area (Å²) in [6.07, 6.45) is 6.31. The van der Waals surface area contributed by atoms with Crippen molar-refractivity contribution in [3.63, 3.8) is 0 Å². The summed E-state index contributed by atoms with van der Waals surface area (Å²) in [5, 5.41) is 3.13. The van der Waals surface area contributed by atoms with Crippen molar-refractivity contribution >= 4 is 5.91 Å². The quantitative estimate of drug-likeness (QED) is 0.771. The summed E-state index contributed by atoms with van der Waals surface area (Å²) in [6.45, 7) is 6.58. The minimum absolute atomic E-state index is 0.200. The molecule has 0 aromatic rings. The highest BCUT2D eigenvalue weighted by molar-refractivity contribution is 5.76. The van der Waals surface area contributed by atoms with E-state index >= 15 is 0 Å². The van der Waals surface area contributed by atoms with Gasteiger partial charge in [0.1, 0.15) is 0 Å². The number of nitrogens with zero attached hydrogens (tertiary/aromatic N) is 1. The molecule has 1 atom stereocenters. The fraction of sp³-hybridized carbons (Fsp3) is 0.938. The fourth-order valence-corrected chi connectivity index (χ4v) is 3.38. The second-order valence-corrected chi connectivity index (χ2v) is 6.70. The minimum Gasteiger partial charge on any atom is -0.379 e. The molecule has 1 saturated heterocycles. The number of nitrogens with one attached hydrogen (secondary N) is 1. The van der Waals surface area contributed by atoms with Gasteiger partial charge in [-0.05, 0) is 44.9 Å². The Labute approximate surface area is 128 Å². The van der Waals surface area contributed by atoms with Gasteiger partial charge in [-0.2, -0.15) is 0 Å². The molecule has 1 aliphatic carbocycles.